The van der Waals surface area contributed by atoms with Crippen molar-refractivity contribution in [3.8, 4) is 0 Å². The average molecular weight is 339 g/mol. The summed E-state index contributed by atoms with van der Waals surface area (Å²) in [5.41, 5.74) is 2.00. The number of anilines is 1. The number of piperidine rings is 1. The highest BCUT2D eigenvalue weighted by atomic mass is 35.5. The highest BCUT2D eigenvalue weighted by molar-refractivity contribution is 5.92. The number of benzene rings is 1. The van der Waals surface area contributed by atoms with Crippen molar-refractivity contribution in [3.63, 3.8) is 0 Å². The van der Waals surface area contributed by atoms with E-state index in [1.54, 1.807) is 0 Å². The Morgan fingerprint density at radius 2 is 2.17 bits per heavy atom. The number of carbonyl (C=O) groups excluding carboxylic acids is 1. The maximum Gasteiger partial charge on any atom is 0.227 e. The number of ether oxygens (including phenoxy) is 1. The van der Waals surface area contributed by atoms with E-state index in [1.165, 1.54) is 12.8 Å². The molecule has 1 saturated carbocycles. The third-order valence-corrected chi connectivity index (χ3v) is 4.51. The Balaban J connectivity index is 0.00000192. The van der Waals surface area contributed by atoms with Crippen LogP contribution in [0.5, 0.6) is 0 Å². The fourth-order valence-corrected chi connectivity index (χ4v) is 2.98. The number of carbonyl (C=O) groups is 1. The van der Waals surface area contributed by atoms with Gasteiger partial charge in [0, 0.05) is 24.3 Å². The summed E-state index contributed by atoms with van der Waals surface area (Å²) < 4.78 is 5.71. The van der Waals surface area contributed by atoms with E-state index in [-0.39, 0.29) is 24.2 Å². The Hall–Kier alpha value is -1.10. The topological polar surface area (TPSA) is 50.4 Å². The molecule has 1 amide bonds. The standard InChI is InChI=1S/C18H26N2O2.ClH/c1-13-9-16(7-8-19-13)18(21)20-17-4-2-3-15(10-17)12-22-11-14-5-6-14;/h2-4,10,13-14,16,19H,5-9,11-12H2,1H3,(H,20,21);1H/t13-,16-;/m0./s1. The van der Waals surface area contributed by atoms with Crippen LogP contribution in [-0.4, -0.2) is 25.1 Å². The van der Waals surface area contributed by atoms with Crippen LogP contribution in [0.4, 0.5) is 5.69 Å². The summed E-state index contributed by atoms with van der Waals surface area (Å²) in [6.07, 6.45) is 4.45. The van der Waals surface area contributed by atoms with E-state index in [1.807, 2.05) is 18.2 Å². The molecule has 0 radical (unpaired) electrons. The SMILES string of the molecule is C[C@H]1C[C@@H](C(=O)Nc2cccc(COCC3CC3)c2)CCN1.Cl. The third kappa shape index (κ3) is 5.79. The summed E-state index contributed by atoms with van der Waals surface area (Å²) >= 11 is 0. The van der Waals surface area contributed by atoms with Crippen molar-refractivity contribution in [2.45, 2.75) is 45.3 Å². The Bertz CT molecular complexity index is 519. The lowest BCUT2D eigenvalue weighted by Crippen LogP contribution is -2.40. The third-order valence-electron chi connectivity index (χ3n) is 4.51. The van der Waals surface area contributed by atoms with Crippen LogP contribution in [0.1, 0.15) is 38.2 Å². The smallest absolute Gasteiger partial charge is 0.227 e. The van der Waals surface area contributed by atoms with Crippen molar-refractivity contribution in [1.29, 1.82) is 0 Å². The lowest BCUT2D eigenvalue weighted by atomic mass is 9.92. The number of nitrogens with one attached hydrogen (secondary N) is 2. The minimum Gasteiger partial charge on any atom is -0.376 e. The van der Waals surface area contributed by atoms with E-state index in [9.17, 15) is 4.79 Å². The van der Waals surface area contributed by atoms with E-state index in [2.05, 4.69) is 23.6 Å². The predicted octanol–water partition coefficient (Wildman–Crippen LogP) is 3.36. The van der Waals surface area contributed by atoms with Gasteiger partial charge in [-0.15, -0.1) is 12.4 Å². The van der Waals surface area contributed by atoms with Crippen LogP contribution in [0.25, 0.3) is 0 Å². The molecule has 1 saturated heterocycles. The first kappa shape index (κ1) is 18.2. The van der Waals surface area contributed by atoms with Crippen molar-refractivity contribution in [3.05, 3.63) is 29.8 Å². The quantitative estimate of drug-likeness (QED) is 0.836. The Labute approximate surface area is 144 Å². The summed E-state index contributed by atoms with van der Waals surface area (Å²) in [6.45, 7) is 4.56. The number of rotatable bonds is 6. The predicted molar refractivity (Wildman–Crippen MR) is 94.9 cm³/mol. The molecule has 2 atom stereocenters. The molecule has 2 aliphatic rings. The minimum atomic E-state index is 0. The van der Waals surface area contributed by atoms with E-state index in [4.69, 9.17) is 4.74 Å². The van der Waals surface area contributed by atoms with Gasteiger partial charge in [0.25, 0.3) is 0 Å². The van der Waals surface area contributed by atoms with Gasteiger partial charge >= 0.3 is 0 Å². The van der Waals surface area contributed by atoms with Gasteiger partial charge in [-0.05, 0) is 62.8 Å². The summed E-state index contributed by atoms with van der Waals surface area (Å²) in [7, 11) is 0. The summed E-state index contributed by atoms with van der Waals surface area (Å²) in [5, 5.41) is 6.44. The first-order valence-electron chi connectivity index (χ1n) is 8.41. The van der Waals surface area contributed by atoms with Crippen LogP contribution in [0.15, 0.2) is 24.3 Å². The average Bonchev–Trinajstić information content (AvgIpc) is 3.32. The molecule has 1 aromatic carbocycles. The zero-order chi connectivity index (χ0) is 15.4. The van der Waals surface area contributed by atoms with Crippen LogP contribution >= 0.6 is 12.4 Å². The van der Waals surface area contributed by atoms with Gasteiger partial charge in [0.05, 0.1) is 6.61 Å². The summed E-state index contributed by atoms with van der Waals surface area (Å²) in [5.74, 6) is 1.04. The summed E-state index contributed by atoms with van der Waals surface area (Å²) in [4.78, 5) is 12.4. The van der Waals surface area contributed by atoms with E-state index in [0.29, 0.717) is 12.6 Å². The van der Waals surface area contributed by atoms with Gasteiger partial charge in [0.2, 0.25) is 5.91 Å². The monoisotopic (exact) mass is 338 g/mol. The molecule has 0 aromatic heterocycles. The van der Waals surface area contributed by atoms with Crippen LogP contribution in [0, 0.1) is 11.8 Å². The normalized spacial score (nSPS) is 23.9. The second kappa shape index (κ2) is 8.67. The fraction of sp³-hybridized carbons (Fsp3) is 0.611. The highest BCUT2D eigenvalue weighted by Crippen LogP contribution is 2.29. The molecular formula is C18H27ClN2O2. The molecule has 5 heteroatoms. The lowest BCUT2D eigenvalue weighted by molar-refractivity contribution is -0.120. The molecule has 128 valence electrons. The molecule has 1 heterocycles. The van der Waals surface area contributed by atoms with Crippen LogP contribution in [-0.2, 0) is 16.1 Å². The zero-order valence-corrected chi connectivity index (χ0v) is 14.5. The molecule has 2 N–H and O–H groups in total. The van der Waals surface area contributed by atoms with Crippen molar-refractivity contribution >= 4 is 24.0 Å². The van der Waals surface area contributed by atoms with Crippen molar-refractivity contribution in [2.75, 3.05) is 18.5 Å². The molecule has 23 heavy (non-hydrogen) atoms. The number of hydrogen-bond donors (Lipinski definition) is 2. The highest BCUT2D eigenvalue weighted by Gasteiger charge is 2.24. The van der Waals surface area contributed by atoms with Gasteiger partial charge in [-0.2, -0.15) is 0 Å². The fourth-order valence-electron chi connectivity index (χ4n) is 2.98. The first-order valence-corrected chi connectivity index (χ1v) is 8.41. The Kier molecular flexibility index (Phi) is 6.88. The lowest BCUT2D eigenvalue weighted by Gasteiger charge is -2.27. The second-order valence-corrected chi connectivity index (χ2v) is 6.72. The second-order valence-electron chi connectivity index (χ2n) is 6.72. The first-order chi connectivity index (χ1) is 10.7. The van der Waals surface area contributed by atoms with E-state index >= 15 is 0 Å². The summed E-state index contributed by atoms with van der Waals surface area (Å²) in [6, 6.07) is 8.43. The van der Waals surface area contributed by atoms with Crippen LogP contribution in [0.3, 0.4) is 0 Å². The van der Waals surface area contributed by atoms with Gasteiger partial charge in [-0.1, -0.05) is 12.1 Å². The molecule has 1 aliphatic heterocycles. The molecule has 1 aromatic rings. The van der Waals surface area contributed by atoms with Gasteiger partial charge in [-0.3, -0.25) is 4.79 Å². The van der Waals surface area contributed by atoms with Crippen molar-refractivity contribution in [1.82, 2.24) is 5.32 Å². The van der Waals surface area contributed by atoms with E-state index < -0.39 is 0 Å². The molecule has 3 rings (SSSR count). The largest absolute Gasteiger partial charge is 0.376 e. The molecule has 0 bridgehead atoms. The minimum absolute atomic E-state index is 0. The van der Waals surface area contributed by atoms with Crippen LogP contribution < -0.4 is 10.6 Å². The number of hydrogen-bond acceptors (Lipinski definition) is 3. The van der Waals surface area contributed by atoms with Crippen LogP contribution in [0.2, 0.25) is 0 Å². The molecule has 2 fully saturated rings. The molecule has 0 spiro atoms. The van der Waals surface area contributed by atoms with Gasteiger partial charge in [0.1, 0.15) is 0 Å². The maximum atomic E-state index is 12.4. The Morgan fingerprint density at radius 1 is 1.35 bits per heavy atom. The van der Waals surface area contributed by atoms with Gasteiger partial charge in [0.15, 0.2) is 0 Å². The van der Waals surface area contributed by atoms with Gasteiger partial charge in [-0.25, -0.2) is 0 Å². The molecule has 4 nitrogen and oxygen atoms in total. The number of amides is 1. The maximum absolute atomic E-state index is 12.4. The van der Waals surface area contributed by atoms with Crippen molar-refractivity contribution < 1.29 is 9.53 Å². The Morgan fingerprint density at radius 3 is 2.91 bits per heavy atom. The van der Waals surface area contributed by atoms with E-state index in [0.717, 1.165) is 43.2 Å². The zero-order valence-electron chi connectivity index (χ0n) is 13.7. The molecule has 1 aliphatic carbocycles. The van der Waals surface area contributed by atoms with Gasteiger partial charge < -0.3 is 15.4 Å². The van der Waals surface area contributed by atoms with Crippen molar-refractivity contribution in [2.24, 2.45) is 11.8 Å². The molecular weight excluding hydrogens is 312 g/mol. The molecule has 0 unspecified atom stereocenters. The number of halogens is 1.